The van der Waals surface area contributed by atoms with Crippen molar-refractivity contribution in [3.8, 4) is 0 Å². The highest BCUT2D eigenvalue weighted by Gasteiger charge is 2.23. The van der Waals surface area contributed by atoms with Crippen LogP contribution in [0.4, 0.5) is 0 Å². The number of hydrogen-bond acceptors (Lipinski definition) is 7. The number of carbonyl (C=O) groups is 1. The number of benzene rings is 1. The molecule has 1 N–H and O–H groups in total. The molecule has 0 unspecified atom stereocenters. The molecule has 1 fully saturated rings. The average molecular weight is 371 g/mol. The van der Waals surface area contributed by atoms with Gasteiger partial charge in [-0.15, -0.1) is 11.3 Å². The van der Waals surface area contributed by atoms with Gasteiger partial charge in [0.25, 0.3) is 5.91 Å². The molecule has 1 aromatic heterocycles. The first kappa shape index (κ1) is 17.1. The van der Waals surface area contributed by atoms with Crippen molar-refractivity contribution in [1.29, 1.82) is 0 Å². The maximum absolute atomic E-state index is 12.3. The number of carbonyl (C=O) groups excluding carboxylic acids is 1. The van der Waals surface area contributed by atoms with E-state index in [2.05, 4.69) is 20.2 Å². The van der Waals surface area contributed by atoms with Crippen LogP contribution in [-0.2, 0) is 9.53 Å². The predicted molar refractivity (Wildman–Crippen MR) is 103 cm³/mol. The van der Waals surface area contributed by atoms with Gasteiger partial charge in [0.15, 0.2) is 0 Å². The van der Waals surface area contributed by atoms with Crippen molar-refractivity contribution >= 4 is 39.5 Å². The van der Waals surface area contributed by atoms with Crippen molar-refractivity contribution in [2.24, 2.45) is 4.99 Å². The number of amides is 1. The molecule has 2 aliphatic heterocycles. The van der Waals surface area contributed by atoms with Crippen LogP contribution in [0.5, 0.6) is 0 Å². The van der Waals surface area contributed by atoms with Crippen molar-refractivity contribution in [2.75, 3.05) is 46.4 Å². The molecule has 4 rings (SSSR count). The van der Waals surface area contributed by atoms with Crippen molar-refractivity contribution in [2.45, 2.75) is 0 Å². The Morgan fingerprint density at radius 1 is 1.38 bits per heavy atom. The van der Waals surface area contributed by atoms with Gasteiger partial charge in [0, 0.05) is 33.2 Å². The standard InChI is InChI=1S/C18H21N5O2S/c1-22(4-5-23-6-8-25-9-7-23)18-20-15(17(24)21-18)10-13-2-3-14-16(11-13)26-12-19-14/h2-3,10-12H,4-9H2,1H3,(H,20,21,24)/b15-10-. The molecule has 0 atom stereocenters. The first-order valence-electron chi connectivity index (χ1n) is 8.65. The van der Waals surface area contributed by atoms with Crippen LogP contribution in [0.1, 0.15) is 5.56 Å². The maximum Gasteiger partial charge on any atom is 0.276 e. The number of guanidine groups is 1. The second-order valence-corrected chi connectivity index (χ2v) is 7.26. The predicted octanol–water partition coefficient (Wildman–Crippen LogP) is 1.39. The van der Waals surface area contributed by atoms with Crippen molar-refractivity contribution in [3.05, 3.63) is 35.0 Å². The van der Waals surface area contributed by atoms with Gasteiger partial charge in [-0.25, -0.2) is 9.98 Å². The Balaban J connectivity index is 1.43. The van der Waals surface area contributed by atoms with Gasteiger partial charge in [0.1, 0.15) is 5.70 Å². The van der Waals surface area contributed by atoms with Gasteiger partial charge < -0.3 is 9.64 Å². The highest BCUT2D eigenvalue weighted by atomic mass is 32.1. The minimum Gasteiger partial charge on any atom is -0.379 e. The Morgan fingerprint density at radius 3 is 3.08 bits per heavy atom. The van der Waals surface area contributed by atoms with Gasteiger partial charge >= 0.3 is 0 Å². The van der Waals surface area contributed by atoms with Crippen LogP contribution >= 0.6 is 11.3 Å². The Labute approximate surface area is 156 Å². The topological polar surface area (TPSA) is 70.1 Å². The van der Waals surface area contributed by atoms with Gasteiger partial charge in [-0.3, -0.25) is 15.0 Å². The number of nitrogens with one attached hydrogen (secondary N) is 1. The zero-order valence-corrected chi connectivity index (χ0v) is 15.5. The maximum atomic E-state index is 12.3. The number of thiazole rings is 1. The van der Waals surface area contributed by atoms with Gasteiger partial charge in [-0.2, -0.15) is 0 Å². The van der Waals surface area contributed by atoms with E-state index in [-0.39, 0.29) is 5.91 Å². The van der Waals surface area contributed by atoms with Crippen LogP contribution in [0.15, 0.2) is 34.4 Å². The summed E-state index contributed by atoms with van der Waals surface area (Å²) in [6, 6.07) is 5.95. The molecule has 0 aliphatic carbocycles. The number of ether oxygens (including phenoxy) is 1. The summed E-state index contributed by atoms with van der Waals surface area (Å²) < 4.78 is 6.47. The molecule has 8 heteroatoms. The lowest BCUT2D eigenvalue weighted by Crippen LogP contribution is -2.44. The molecule has 2 aromatic rings. The third kappa shape index (κ3) is 3.77. The van der Waals surface area contributed by atoms with Gasteiger partial charge in [0.2, 0.25) is 5.96 Å². The van der Waals surface area contributed by atoms with Gasteiger partial charge in [-0.05, 0) is 23.8 Å². The Morgan fingerprint density at radius 2 is 2.23 bits per heavy atom. The zero-order valence-electron chi connectivity index (χ0n) is 14.6. The summed E-state index contributed by atoms with van der Waals surface area (Å²) >= 11 is 1.59. The summed E-state index contributed by atoms with van der Waals surface area (Å²) in [5, 5.41) is 2.86. The van der Waals surface area contributed by atoms with E-state index in [9.17, 15) is 4.79 Å². The largest absolute Gasteiger partial charge is 0.379 e. The van der Waals surface area contributed by atoms with E-state index in [1.807, 2.05) is 41.7 Å². The highest BCUT2D eigenvalue weighted by molar-refractivity contribution is 7.16. The van der Waals surface area contributed by atoms with E-state index in [0.29, 0.717) is 11.7 Å². The normalized spacial score (nSPS) is 19.8. The molecule has 26 heavy (non-hydrogen) atoms. The number of aromatic nitrogens is 1. The molecule has 0 spiro atoms. The smallest absolute Gasteiger partial charge is 0.276 e. The van der Waals surface area contributed by atoms with Crippen molar-refractivity contribution in [1.82, 2.24) is 20.1 Å². The fraction of sp³-hybridized carbons (Fsp3) is 0.389. The number of morpholine rings is 1. The van der Waals surface area contributed by atoms with Crippen molar-refractivity contribution in [3.63, 3.8) is 0 Å². The van der Waals surface area contributed by atoms with E-state index in [1.54, 1.807) is 11.3 Å². The van der Waals surface area contributed by atoms with Crippen LogP contribution in [0.3, 0.4) is 0 Å². The zero-order chi connectivity index (χ0) is 17.9. The van der Waals surface area contributed by atoms with Gasteiger partial charge in [-0.1, -0.05) is 6.07 Å². The van der Waals surface area contributed by atoms with Crippen LogP contribution < -0.4 is 5.32 Å². The van der Waals surface area contributed by atoms with E-state index < -0.39 is 0 Å². The molecule has 0 saturated carbocycles. The average Bonchev–Trinajstić information content (AvgIpc) is 3.27. The summed E-state index contributed by atoms with van der Waals surface area (Å²) in [7, 11) is 1.95. The summed E-state index contributed by atoms with van der Waals surface area (Å²) in [6.45, 7) is 5.22. The molecular formula is C18H21N5O2S. The number of hydrogen-bond donors (Lipinski definition) is 1. The summed E-state index contributed by atoms with van der Waals surface area (Å²) in [5.41, 5.74) is 4.18. The number of rotatable bonds is 4. The molecule has 1 saturated heterocycles. The van der Waals surface area contributed by atoms with Crippen LogP contribution in [0.25, 0.3) is 16.3 Å². The Kier molecular flexibility index (Phi) is 4.96. The minimum atomic E-state index is -0.164. The van der Waals surface area contributed by atoms with Crippen LogP contribution in [-0.4, -0.2) is 73.1 Å². The summed E-state index contributed by atoms with van der Waals surface area (Å²) in [5.74, 6) is 0.441. The minimum absolute atomic E-state index is 0.164. The lowest BCUT2D eigenvalue weighted by atomic mass is 10.2. The lowest BCUT2D eigenvalue weighted by molar-refractivity contribution is -0.115. The van der Waals surface area contributed by atoms with Crippen LogP contribution in [0, 0.1) is 0 Å². The van der Waals surface area contributed by atoms with Crippen molar-refractivity contribution < 1.29 is 9.53 Å². The molecule has 1 amide bonds. The fourth-order valence-corrected chi connectivity index (χ4v) is 3.70. The molecule has 7 nitrogen and oxygen atoms in total. The third-order valence-electron chi connectivity index (χ3n) is 4.56. The van der Waals surface area contributed by atoms with E-state index in [1.165, 1.54) is 0 Å². The summed E-state index contributed by atoms with van der Waals surface area (Å²) in [4.78, 5) is 25.4. The Hall–Kier alpha value is -2.29. The van der Waals surface area contributed by atoms with Gasteiger partial charge in [0.05, 0.1) is 28.9 Å². The first-order valence-corrected chi connectivity index (χ1v) is 9.53. The second kappa shape index (κ2) is 7.53. The number of likely N-dealkylation sites (N-methyl/N-ethyl adjacent to an activating group) is 1. The SMILES string of the molecule is CN(CCN1CCOCC1)C1=N/C(=C\c2ccc3ncsc3c2)C(=O)N1. The quantitative estimate of drug-likeness (QED) is 0.823. The Bertz CT molecular complexity index is 869. The first-order chi connectivity index (χ1) is 12.7. The van der Waals surface area contributed by atoms with Crippen LogP contribution in [0.2, 0.25) is 0 Å². The monoisotopic (exact) mass is 371 g/mol. The molecular weight excluding hydrogens is 350 g/mol. The number of nitrogens with zero attached hydrogens (tertiary/aromatic N) is 4. The highest BCUT2D eigenvalue weighted by Crippen LogP contribution is 2.21. The lowest BCUT2D eigenvalue weighted by Gasteiger charge is -2.28. The van der Waals surface area contributed by atoms with E-state index >= 15 is 0 Å². The number of fused-ring (bicyclic) bond motifs is 1. The molecule has 3 heterocycles. The number of aliphatic imine (C=N–C) groups is 1. The summed E-state index contributed by atoms with van der Waals surface area (Å²) in [6.07, 6.45) is 1.82. The third-order valence-corrected chi connectivity index (χ3v) is 5.35. The molecule has 2 aliphatic rings. The molecule has 1 aromatic carbocycles. The fourth-order valence-electron chi connectivity index (χ4n) is 2.98. The molecule has 136 valence electrons. The molecule has 0 bridgehead atoms. The van der Waals surface area contributed by atoms with E-state index in [0.717, 1.165) is 55.2 Å². The second-order valence-electron chi connectivity index (χ2n) is 6.37. The molecule has 0 radical (unpaired) electrons. The van der Waals surface area contributed by atoms with E-state index in [4.69, 9.17) is 4.74 Å².